The molecule has 1 atom stereocenters. The van der Waals surface area contributed by atoms with Crippen molar-refractivity contribution in [3.05, 3.63) is 99.2 Å². The maximum Gasteiger partial charge on any atom is 0.255 e. The predicted octanol–water partition coefficient (Wildman–Crippen LogP) is 7.02. The molecule has 39 heavy (non-hydrogen) atoms. The molecule has 0 aliphatic carbocycles. The third-order valence-electron chi connectivity index (χ3n) is 6.52. The number of carbonyl (C=O) groups is 2. The Bertz CT molecular complexity index is 1470. The fourth-order valence-electron chi connectivity index (χ4n) is 4.57. The van der Waals surface area contributed by atoms with Gasteiger partial charge in [-0.3, -0.25) is 9.59 Å². The van der Waals surface area contributed by atoms with Crippen molar-refractivity contribution in [1.29, 1.82) is 0 Å². The van der Waals surface area contributed by atoms with Crippen molar-refractivity contribution >= 4 is 63.3 Å². The Kier molecular flexibility index (Phi) is 8.16. The molecule has 7 nitrogen and oxygen atoms in total. The summed E-state index contributed by atoms with van der Waals surface area (Å²) in [6, 6.07) is 19.2. The number of hydrogen-bond donors (Lipinski definition) is 2. The van der Waals surface area contributed by atoms with Crippen molar-refractivity contribution in [3.63, 3.8) is 0 Å². The normalized spacial score (nSPS) is 16.8. The zero-order valence-electron chi connectivity index (χ0n) is 21.3. The van der Waals surface area contributed by atoms with Crippen molar-refractivity contribution in [2.45, 2.75) is 19.4 Å². The van der Waals surface area contributed by atoms with E-state index in [1.165, 1.54) is 6.07 Å². The monoisotopic (exact) mass is 580 g/mol. The Hall–Kier alpha value is -3.46. The number of ether oxygens (including phenoxy) is 1. The third-order valence-corrected chi connectivity index (χ3v) is 8.33. The first-order valence-corrected chi connectivity index (χ1v) is 14.1. The Labute approximate surface area is 241 Å². The van der Waals surface area contributed by atoms with Crippen molar-refractivity contribution in [2.75, 3.05) is 30.0 Å². The Balaban J connectivity index is 1.41. The number of allylic oxidation sites excluding steroid dienone is 1. The van der Waals surface area contributed by atoms with Crippen molar-refractivity contribution in [2.24, 2.45) is 4.99 Å². The van der Waals surface area contributed by atoms with Gasteiger partial charge in [-0.25, -0.2) is 4.99 Å². The van der Waals surface area contributed by atoms with E-state index in [0.29, 0.717) is 44.0 Å². The number of amides is 2. The first-order chi connectivity index (χ1) is 18.8. The lowest BCUT2D eigenvalue weighted by Crippen LogP contribution is -2.43. The van der Waals surface area contributed by atoms with Gasteiger partial charge < -0.3 is 20.3 Å². The minimum atomic E-state index is -0.316. The van der Waals surface area contributed by atoms with Crippen LogP contribution in [0.25, 0.3) is 0 Å². The fraction of sp³-hybridized carbons (Fsp3) is 0.207. The molecule has 3 aromatic rings. The van der Waals surface area contributed by atoms with Gasteiger partial charge in [0.25, 0.3) is 11.8 Å². The molecule has 10 heteroatoms. The number of methoxy groups -OCH3 is 1. The summed E-state index contributed by atoms with van der Waals surface area (Å²) in [5.74, 6) is 1.20. The minimum Gasteiger partial charge on any atom is -0.497 e. The van der Waals surface area contributed by atoms with Crippen LogP contribution in [0.5, 0.6) is 5.75 Å². The lowest BCUT2D eigenvalue weighted by atomic mass is 9.93. The van der Waals surface area contributed by atoms with Gasteiger partial charge in [0.1, 0.15) is 5.75 Å². The topological polar surface area (TPSA) is 83.0 Å². The molecule has 0 radical (unpaired) electrons. The summed E-state index contributed by atoms with van der Waals surface area (Å²) in [6.45, 7) is 2.67. The molecule has 5 rings (SSSR count). The third kappa shape index (κ3) is 5.93. The number of fused-ring (bicyclic) bond motifs is 1. The molecule has 2 amide bonds. The average Bonchev–Trinajstić information content (AvgIpc) is 2.94. The molecule has 2 aliphatic rings. The summed E-state index contributed by atoms with van der Waals surface area (Å²) in [5.41, 5.74) is 3.90. The van der Waals surface area contributed by atoms with E-state index in [0.717, 1.165) is 29.4 Å². The number of nitrogens with zero attached hydrogens (tertiary/aromatic N) is 2. The van der Waals surface area contributed by atoms with E-state index in [9.17, 15) is 9.59 Å². The van der Waals surface area contributed by atoms with E-state index < -0.39 is 0 Å². The lowest BCUT2D eigenvalue weighted by Gasteiger charge is -2.41. The second kappa shape index (κ2) is 11.7. The highest BCUT2D eigenvalue weighted by atomic mass is 35.5. The molecule has 3 aromatic carbocycles. The number of rotatable bonds is 6. The average molecular weight is 582 g/mol. The molecule has 2 heterocycles. The van der Waals surface area contributed by atoms with E-state index in [2.05, 4.69) is 15.5 Å². The minimum absolute atomic E-state index is 0.210. The van der Waals surface area contributed by atoms with Gasteiger partial charge in [0.2, 0.25) is 0 Å². The molecular weight excluding hydrogens is 555 g/mol. The van der Waals surface area contributed by atoms with Crippen LogP contribution < -0.4 is 15.4 Å². The van der Waals surface area contributed by atoms with E-state index >= 15 is 0 Å². The van der Waals surface area contributed by atoms with Gasteiger partial charge in [0.05, 0.1) is 34.5 Å². The summed E-state index contributed by atoms with van der Waals surface area (Å²) in [5, 5.41) is 7.54. The highest BCUT2D eigenvalue weighted by Crippen LogP contribution is 2.40. The largest absolute Gasteiger partial charge is 0.497 e. The zero-order chi connectivity index (χ0) is 27.5. The van der Waals surface area contributed by atoms with Crippen LogP contribution in [-0.4, -0.2) is 41.3 Å². The quantitative estimate of drug-likeness (QED) is 0.327. The van der Waals surface area contributed by atoms with E-state index in [1.807, 2.05) is 31.2 Å². The number of anilines is 2. The van der Waals surface area contributed by atoms with Crippen molar-refractivity contribution in [3.8, 4) is 5.75 Å². The lowest BCUT2D eigenvalue weighted by molar-refractivity contribution is -0.113. The highest BCUT2D eigenvalue weighted by molar-refractivity contribution is 8.13. The van der Waals surface area contributed by atoms with E-state index in [4.69, 9.17) is 32.9 Å². The smallest absolute Gasteiger partial charge is 0.255 e. The van der Waals surface area contributed by atoms with E-state index in [-0.39, 0.29) is 17.9 Å². The number of hydrogen-bond acceptors (Lipinski definition) is 6. The van der Waals surface area contributed by atoms with Crippen molar-refractivity contribution < 1.29 is 14.3 Å². The first kappa shape index (κ1) is 27.1. The molecule has 0 spiro atoms. The van der Waals surface area contributed by atoms with Crippen LogP contribution in [-0.2, 0) is 4.79 Å². The van der Waals surface area contributed by atoms with Crippen LogP contribution >= 0.6 is 35.0 Å². The van der Waals surface area contributed by atoms with Crippen LogP contribution in [0.15, 0.2) is 83.0 Å². The number of nitrogens with one attached hydrogen (secondary N) is 2. The number of amidine groups is 1. The SMILES string of the molecule is COc1ccc(NC(=O)C2=C(C)N=C3SCCCN3C2c2ccc(NC(=O)c3ccc(Cl)c(Cl)c3)cc2)cc1. The number of carbonyl (C=O) groups excluding carboxylic acids is 2. The van der Waals surface area contributed by atoms with Gasteiger partial charge in [-0.1, -0.05) is 47.1 Å². The Morgan fingerprint density at radius 1 is 0.949 bits per heavy atom. The molecule has 0 saturated carbocycles. The fourth-order valence-corrected chi connectivity index (χ4v) is 5.89. The standard InChI is InChI=1S/C29H26Cl2N4O3S/c1-17-25(28(37)34-21-9-11-22(38-2)12-10-21)26(35-14-3-15-39-29(35)32-17)18-4-7-20(8-5-18)33-27(36)19-6-13-23(30)24(31)16-19/h4-13,16,26H,3,14-15H2,1-2H3,(H,33,36)(H,34,37). The van der Waals surface area contributed by atoms with Gasteiger partial charge in [-0.15, -0.1) is 0 Å². The van der Waals surface area contributed by atoms with Crippen LogP contribution in [0.3, 0.4) is 0 Å². The highest BCUT2D eigenvalue weighted by Gasteiger charge is 2.37. The summed E-state index contributed by atoms with van der Waals surface area (Å²) in [6.07, 6.45) is 0.990. The van der Waals surface area contributed by atoms with Gasteiger partial charge >= 0.3 is 0 Å². The molecule has 0 bridgehead atoms. The maximum absolute atomic E-state index is 13.6. The van der Waals surface area contributed by atoms with Crippen LogP contribution in [0.1, 0.15) is 35.3 Å². The zero-order valence-corrected chi connectivity index (χ0v) is 23.7. The summed E-state index contributed by atoms with van der Waals surface area (Å²) < 4.78 is 5.22. The first-order valence-electron chi connectivity index (χ1n) is 12.3. The molecule has 1 saturated heterocycles. The maximum atomic E-state index is 13.6. The van der Waals surface area contributed by atoms with Crippen LogP contribution in [0.2, 0.25) is 10.0 Å². The molecule has 2 N–H and O–H groups in total. The Morgan fingerprint density at radius 2 is 1.62 bits per heavy atom. The van der Waals surface area contributed by atoms with Crippen LogP contribution in [0, 0.1) is 0 Å². The molecule has 2 aliphatic heterocycles. The number of benzene rings is 3. The van der Waals surface area contributed by atoms with Crippen LogP contribution in [0.4, 0.5) is 11.4 Å². The molecule has 1 fully saturated rings. The summed E-state index contributed by atoms with van der Waals surface area (Å²) >= 11 is 13.7. The molecule has 0 aromatic heterocycles. The molecule has 200 valence electrons. The second-order valence-electron chi connectivity index (χ2n) is 9.08. The summed E-state index contributed by atoms with van der Waals surface area (Å²) in [4.78, 5) is 33.3. The van der Waals surface area contributed by atoms with Gasteiger partial charge in [-0.2, -0.15) is 0 Å². The molecular formula is C29H26Cl2N4O3S. The number of halogens is 2. The molecule has 1 unspecified atom stereocenters. The van der Waals surface area contributed by atoms with Crippen molar-refractivity contribution in [1.82, 2.24) is 4.90 Å². The second-order valence-corrected chi connectivity index (χ2v) is 11.0. The van der Waals surface area contributed by atoms with Gasteiger partial charge in [0.15, 0.2) is 5.17 Å². The van der Waals surface area contributed by atoms with Gasteiger partial charge in [-0.05, 0) is 73.5 Å². The summed E-state index contributed by atoms with van der Waals surface area (Å²) in [7, 11) is 1.60. The Morgan fingerprint density at radius 3 is 2.28 bits per heavy atom. The van der Waals surface area contributed by atoms with E-state index in [1.54, 1.807) is 55.3 Å². The number of aliphatic imine (C=N–C) groups is 1. The number of thioether (sulfide) groups is 1. The van der Waals surface area contributed by atoms with Gasteiger partial charge in [0, 0.05) is 29.2 Å². The predicted molar refractivity (Wildman–Crippen MR) is 159 cm³/mol.